The van der Waals surface area contributed by atoms with Crippen molar-refractivity contribution in [2.75, 3.05) is 19.3 Å². The highest BCUT2D eigenvalue weighted by molar-refractivity contribution is 5.81. The van der Waals surface area contributed by atoms with E-state index in [-0.39, 0.29) is 11.9 Å². The molecule has 1 aromatic rings. The van der Waals surface area contributed by atoms with Crippen LogP contribution in [0.3, 0.4) is 0 Å². The molecule has 1 aromatic carbocycles. The first kappa shape index (κ1) is 11.9. The molecule has 2 rings (SSSR count). The second-order valence-electron chi connectivity index (χ2n) is 4.49. The lowest BCUT2D eigenvalue weighted by atomic mass is 10.1. The topological polar surface area (TPSA) is 58.4 Å². The second-order valence-corrected chi connectivity index (χ2v) is 4.49. The number of amides is 1. The van der Waals surface area contributed by atoms with Crippen LogP contribution < -0.4 is 11.1 Å². The molecule has 1 atom stereocenters. The summed E-state index contributed by atoms with van der Waals surface area (Å²) >= 11 is 0. The first-order valence-corrected chi connectivity index (χ1v) is 6.01. The molecule has 17 heavy (non-hydrogen) atoms. The lowest BCUT2D eigenvalue weighted by Gasteiger charge is -2.23. The summed E-state index contributed by atoms with van der Waals surface area (Å²) in [5, 5.41) is 2.73. The number of hydrogen-bond donors (Lipinski definition) is 2. The highest BCUT2D eigenvalue weighted by Crippen LogP contribution is 2.20. The number of nitrogens with two attached hydrogens (primary N) is 1. The van der Waals surface area contributed by atoms with Crippen LogP contribution in [0.15, 0.2) is 24.3 Å². The molecule has 1 amide bonds. The van der Waals surface area contributed by atoms with E-state index in [4.69, 9.17) is 5.73 Å². The van der Waals surface area contributed by atoms with Crippen LogP contribution in [0.4, 0.5) is 5.69 Å². The van der Waals surface area contributed by atoms with E-state index in [1.165, 1.54) is 5.56 Å². The zero-order chi connectivity index (χ0) is 12.3. The summed E-state index contributed by atoms with van der Waals surface area (Å²) in [6.07, 6.45) is 2.03. The van der Waals surface area contributed by atoms with E-state index in [9.17, 15) is 4.79 Å². The van der Waals surface area contributed by atoms with Crippen molar-refractivity contribution in [3.63, 3.8) is 0 Å². The zero-order valence-corrected chi connectivity index (χ0v) is 10.1. The third-order valence-corrected chi connectivity index (χ3v) is 3.25. The van der Waals surface area contributed by atoms with Crippen LogP contribution in [0.2, 0.25) is 0 Å². The van der Waals surface area contributed by atoms with Crippen LogP contribution in [0.25, 0.3) is 0 Å². The molecule has 0 bridgehead atoms. The van der Waals surface area contributed by atoms with Crippen LogP contribution in [-0.4, -0.2) is 30.4 Å². The molecule has 92 valence electrons. The van der Waals surface area contributed by atoms with Crippen LogP contribution in [-0.2, 0) is 11.3 Å². The van der Waals surface area contributed by atoms with E-state index >= 15 is 0 Å². The summed E-state index contributed by atoms with van der Waals surface area (Å²) in [4.78, 5) is 13.9. The summed E-state index contributed by atoms with van der Waals surface area (Å²) in [5.41, 5.74) is 7.70. The summed E-state index contributed by atoms with van der Waals surface area (Å²) < 4.78 is 0. The maximum Gasteiger partial charge on any atom is 0.237 e. The number of anilines is 1. The first-order chi connectivity index (χ1) is 8.20. The molecule has 1 saturated heterocycles. The van der Waals surface area contributed by atoms with Gasteiger partial charge in [-0.2, -0.15) is 0 Å². The van der Waals surface area contributed by atoms with Crippen molar-refractivity contribution in [2.24, 2.45) is 0 Å². The molecule has 0 spiro atoms. The number of hydrogen-bond acceptors (Lipinski definition) is 3. The normalized spacial score (nSPS) is 20.4. The fourth-order valence-corrected chi connectivity index (χ4v) is 2.40. The van der Waals surface area contributed by atoms with E-state index in [1.807, 2.05) is 18.2 Å². The fourth-order valence-electron chi connectivity index (χ4n) is 2.40. The Morgan fingerprint density at radius 2 is 2.41 bits per heavy atom. The standard InChI is InChI=1S/C13H19N3O/c1-15-13(17)12-6-3-7-16(12)9-10-4-2-5-11(14)8-10/h2,4-5,8,12H,3,6-7,9,14H2,1H3,(H,15,17). The Labute approximate surface area is 102 Å². The van der Waals surface area contributed by atoms with E-state index in [2.05, 4.69) is 16.3 Å². The third-order valence-electron chi connectivity index (χ3n) is 3.25. The number of carbonyl (C=O) groups excluding carboxylic acids is 1. The number of nitrogens with zero attached hydrogens (tertiary/aromatic N) is 1. The van der Waals surface area contributed by atoms with Crippen LogP contribution in [0, 0.1) is 0 Å². The molecule has 1 heterocycles. The molecule has 3 N–H and O–H groups in total. The van der Waals surface area contributed by atoms with Crippen LogP contribution >= 0.6 is 0 Å². The molecule has 0 aliphatic carbocycles. The quantitative estimate of drug-likeness (QED) is 0.765. The van der Waals surface area contributed by atoms with Crippen molar-refractivity contribution >= 4 is 11.6 Å². The number of rotatable bonds is 3. The molecule has 1 unspecified atom stereocenters. The average molecular weight is 233 g/mol. The van der Waals surface area contributed by atoms with E-state index in [1.54, 1.807) is 7.05 Å². The molecule has 0 saturated carbocycles. The Morgan fingerprint density at radius 3 is 3.12 bits per heavy atom. The van der Waals surface area contributed by atoms with Gasteiger partial charge in [0.2, 0.25) is 5.91 Å². The minimum Gasteiger partial charge on any atom is -0.399 e. The maximum absolute atomic E-state index is 11.7. The predicted molar refractivity (Wildman–Crippen MR) is 68.4 cm³/mol. The monoisotopic (exact) mass is 233 g/mol. The lowest BCUT2D eigenvalue weighted by Crippen LogP contribution is -2.41. The first-order valence-electron chi connectivity index (χ1n) is 6.01. The highest BCUT2D eigenvalue weighted by Gasteiger charge is 2.29. The number of nitrogen functional groups attached to an aromatic ring is 1. The number of likely N-dealkylation sites (tertiary alicyclic amines) is 1. The number of likely N-dealkylation sites (N-methyl/N-ethyl adjacent to an activating group) is 1. The summed E-state index contributed by atoms with van der Waals surface area (Å²) in [7, 11) is 1.69. The Morgan fingerprint density at radius 1 is 1.59 bits per heavy atom. The van der Waals surface area contributed by atoms with Gasteiger partial charge >= 0.3 is 0 Å². The van der Waals surface area contributed by atoms with Crippen LogP contribution in [0.1, 0.15) is 18.4 Å². The largest absolute Gasteiger partial charge is 0.399 e. The van der Waals surface area contributed by atoms with Gasteiger partial charge in [0.05, 0.1) is 6.04 Å². The minimum atomic E-state index is 0.0152. The lowest BCUT2D eigenvalue weighted by molar-refractivity contribution is -0.125. The molecule has 0 radical (unpaired) electrons. The van der Waals surface area contributed by atoms with Gasteiger partial charge in [0.1, 0.15) is 0 Å². The zero-order valence-electron chi connectivity index (χ0n) is 10.1. The molecular formula is C13H19N3O. The van der Waals surface area contributed by atoms with Crippen LogP contribution in [0.5, 0.6) is 0 Å². The molecule has 4 heteroatoms. The van der Waals surface area contributed by atoms with Crippen molar-refractivity contribution in [1.29, 1.82) is 0 Å². The van der Waals surface area contributed by atoms with Crippen molar-refractivity contribution in [1.82, 2.24) is 10.2 Å². The Hall–Kier alpha value is -1.55. The van der Waals surface area contributed by atoms with E-state index < -0.39 is 0 Å². The number of nitrogens with one attached hydrogen (secondary N) is 1. The number of carbonyl (C=O) groups is 1. The Kier molecular flexibility index (Phi) is 3.64. The van der Waals surface area contributed by atoms with E-state index in [0.717, 1.165) is 31.6 Å². The summed E-state index contributed by atoms with van der Waals surface area (Å²) in [6, 6.07) is 7.87. The SMILES string of the molecule is CNC(=O)C1CCCN1Cc1cccc(N)c1. The summed E-state index contributed by atoms with van der Waals surface area (Å²) in [5.74, 6) is 0.117. The predicted octanol–water partition coefficient (Wildman–Crippen LogP) is 0.979. The Balaban J connectivity index is 2.05. The average Bonchev–Trinajstić information content (AvgIpc) is 2.76. The van der Waals surface area contributed by atoms with Crippen molar-refractivity contribution in [3.05, 3.63) is 29.8 Å². The van der Waals surface area contributed by atoms with Crippen molar-refractivity contribution in [3.8, 4) is 0 Å². The molecule has 1 aliphatic heterocycles. The smallest absolute Gasteiger partial charge is 0.237 e. The fraction of sp³-hybridized carbons (Fsp3) is 0.462. The summed E-state index contributed by atoms with van der Waals surface area (Å²) in [6.45, 7) is 1.77. The molecule has 1 fully saturated rings. The molecule has 1 aliphatic rings. The molecule has 0 aromatic heterocycles. The van der Waals surface area contributed by atoms with E-state index in [0.29, 0.717) is 0 Å². The van der Waals surface area contributed by atoms with Gasteiger partial charge < -0.3 is 11.1 Å². The maximum atomic E-state index is 11.7. The van der Waals surface area contributed by atoms with Gasteiger partial charge in [-0.05, 0) is 37.1 Å². The van der Waals surface area contributed by atoms with Gasteiger partial charge in [0.15, 0.2) is 0 Å². The highest BCUT2D eigenvalue weighted by atomic mass is 16.2. The third kappa shape index (κ3) is 2.77. The Bertz CT molecular complexity index is 405. The van der Waals surface area contributed by atoms with Gasteiger partial charge in [-0.15, -0.1) is 0 Å². The van der Waals surface area contributed by atoms with Crippen molar-refractivity contribution in [2.45, 2.75) is 25.4 Å². The van der Waals surface area contributed by atoms with Crippen molar-refractivity contribution < 1.29 is 4.79 Å². The van der Waals surface area contributed by atoms with Gasteiger partial charge in [-0.1, -0.05) is 12.1 Å². The molecular weight excluding hydrogens is 214 g/mol. The molecule has 4 nitrogen and oxygen atoms in total. The number of benzene rings is 1. The second kappa shape index (κ2) is 5.19. The van der Waals surface area contributed by atoms with Gasteiger partial charge in [-0.3, -0.25) is 9.69 Å². The minimum absolute atomic E-state index is 0.0152. The van der Waals surface area contributed by atoms with Gasteiger partial charge in [-0.25, -0.2) is 0 Å². The van der Waals surface area contributed by atoms with Gasteiger partial charge in [0.25, 0.3) is 0 Å². The van der Waals surface area contributed by atoms with Gasteiger partial charge in [0, 0.05) is 19.3 Å².